The fraction of sp³-hybridized carbons (Fsp3) is 0.500. The van der Waals surface area contributed by atoms with Crippen LogP contribution < -0.4 is 29.0 Å². The van der Waals surface area contributed by atoms with E-state index in [4.69, 9.17) is 28.4 Å². The van der Waals surface area contributed by atoms with Crippen LogP contribution in [0, 0.1) is 0 Å². The third-order valence-electron chi connectivity index (χ3n) is 6.86. The van der Waals surface area contributed by atoms with Crippen molar-refractivity contribution in [1.82, 2.24) is 5.32 Å². The third kappa shape index (κ3) is 5.16. The Hall–Kier alpha value is -3.33. The minimum Gasteiger partial charge on any atom is -0.492 e. The molecule has 5 rings (SSSR count). The molecule has 2 aromatic rings. The molecule has 3 heterocycles. The van der Waals surface area contributed by atoms with Crippen molar-refractivity contribution in [3.05, 3.63) is 41.5 Å². The number of carboxylic acids is 1. The highest BCUT2D eigenvalue weighted by Crippen LogP contribution is 2.56. The molecule has 0 bridgehead atoms. The Morgan fingerprint density at radius 3 is 2.62 bits per heavy atom. The van der Waals surface area contributed by atoms with Gasteiger partial charge in [-0.25, -0.2) is 4.79 Å². The summed E-state index contributed by atoms with van der Waals surface area (Å²) in [6.45, 7) is 2.51. The van der Waals surface area contributed by atoms with Crippen LogP contribution in [0.5, 0.6) is 28.7 Å². The molecule has 8 unspecified atom stereocenters. The number of aliphatic hydroxyl groups excluding tert-OH is 4. The number of carbonyl (C=O) groups is 1. The molecular formula is C26H31NO12. The minimum absolute atomic E-state index is 0.118. The standard InChI is InChI=1S/C26H31NO12/c1-11(28)8-27-10-36-16-6-5-13-15-9-35-17-7-12(3-4-14(17)21(15)38-22(13)23(16)34-2)37-26-20(31)18(29)19(30)24(39-26)25(32)33/h3-7,11,15,18-21,24,26-31H,8-10H2,1-2H3,(H,32,33). The molecule has 0 aliphatic carbocycles. The average Bonchev–Trinajstić information content (AvgIpc) is 3.29. The zero-order valence-corrected chi connectivity index (χ0v) is 21.2. The topological polar surface area (TPSA) is 186 Å². The molecule has 1 fully saturated rings. The number of ether oxygens (including phenoxy) is 6. The predicted octanol–water partition coefficient (Wildman–Crippen LogP) is -0.117. The third-order valence-corrected chi connectivity index (χ3v) is 6.86. The van der Waals surface area contributed by atoms with E-state index in [0.717, 1.165) is 11.1 Å². The fourth-order valence-corrected chi connectivity index (χ4v) is 4.92. The first-order chi connectivity index (χ1) is 18.7. The van der Waals surface area contributed by atoms with Gasteiger partial charge in [0.05, 0.1) is 25.7 Å². The molecule has 3 aliphatic rings. The molecule has 6 N–H and O–H groups in total. The van der Waals surface area contributed by atoms with Gasteiger partial charge in [0.2, 0.25) is 12.0 Å². The lowest BCUT2D eigenvalue weighted by atomic mass is 9.89. The highest BCUT2D eigenvalue weighted by Gasteiger charge is 2.48. The van der Waals surface area contributed by atoms with Crippen molar-refractivity contribution >= 4 is 5.97 Å². The SMILES string of the molecule is COc1c(OCNCC(C)O)ccc2c1OC1c3ccc(OC4OC(C(=O)O)C(O)C(O)C4O)cc3OCC21. The average molecular weight is 550 g/mol. The second-order valence-corrected chi connectivity index (χ2v) is 9.62. The summed E-state index contributed by atoms with van der Waals surface area (Å²) in [6.07, 6.45) is -9.48. The Labute approximate surface area is 223 Å². The van der Waals surface area contributed by atoms with Crippen molar-refractivity contribution in [3.63, 3.8) is 0 Å². The molecule has 1 saturated heterocycles. The van der Waals surface area contributed by atoms with Gasteiger partial charge in [0.15, 0.2) is 17.6 Å². The maximum atomic E-state index is 11.4. The summed E-state index contributed by atoms with van der Waals surface area (Å²) in [4.78, 5) is 11.4. The normalized spacial score (nSPS) is 29.6. The monoisotopic (exact) mass is 549 g/mol. The predicted molar refractivity (Wildman–Crippen MR) is 131 cm³/mol. The van der Waals surface area contributed by atoms with E-state index in [1.54, 1.807) is 31.2 Å². The number of aliphatic hydroxyl groups is 4. The van der Waals surface area contributed by atoms with Crippen molar-refractivity contribution in [2.75, 3.05) is 27.0 Å². The van der Waals surface area contributed by atoms with E-state index in [-0.39, 0.29) is 24.5 Å². The Balaban J connectivity index is 1.32. The first-order valence-electron chi connectivity index (χ1n) is 12.4. The molecule has 0 saturated carbocycles. The summed E-state index contributed by atoms with van der Waals surface area (Å²) in [7, 11) is 1.53. The lowest BCUT2D eigenvalue weighted by molar-refractivity contribution is -0.271. The highest BCUT2D eigenvalue weighted by molar-refractivity contribution is 5.73. The van der Waals surface area contributed by atoms with Crippen LogP contribution in [-0.4, -0.2) is 95.3 Å². The van der Waals surface area contributed by atoms with Crippen LogP contribution >= 0.6 is 0 Å². The van der Waals surface area contributed by atoms with Gasteiger partial charge in [0.25, 0.3) is 0 Å². The molecule has 13 heteroatoms. The highest BCUT2D eigenvalue weighted by atomic mass is 16.7. The Bertz CT molecular complexity index is 1210. The zero-order chi connectivity index (χ0) is 27.8. The molecule has 0 aromatic heterocycles. The van der Waals surface area contributed by atoms with Gasteiger partial charge < -0.3 is 54.0 Å². The number of hydrogen-bond donors (Lipinski definition) is 6. The quantitative estimate of drug-likeness (QED) is 0.180. The summed E-state index contributed by atoms with van der Waals surface area (Å²) in [5.41, 5.74) is 1.64. The lowest BCUT2D eigenvalue weighted by Crippen LogP contribution is -2.61. The molecule has 13 nitrogen and oxygen atoms in total. The van der Waals surface area contributed by atoms with Crippen molar-refractivity contribution in [3.8, 4) is 28.7 Å². The zero-order valence-electron chi connectivity index (χ0n) is 21.2. The molecule has 0 radical (unpaired) electrons. The van der Waals surface area contributed by atoms with Gasteiger partial charge in [-0.3, -0.25) is 5.32 Å². The van der Waals surface area contributed by atoms with Crippen LogP contribution in [0.15, 0.2) is 30.3 Å². The van der Waals surface area contributed by atoms with Crippen LogP contribution in [0.25, 0.3) is 0 Å². The van der Waals surface area contributed by atoms with E-state index < -0.39 is 42.8 Å². The van der Waals surface area contributed by atoms with Gasteiger partial charge >= 0.3 is 5.97 Å². The molecule has 0 amide bonds. The molecule has 0 spiro atoms. The van der Waals surface area contributed by atoms with E-state index in [0.29, 0.717) is 36.1 Å². The second-order valence-electron chi connectivity index (χ2n) is 9.62. The van der Waals surface area contributed by atoms with Gasteiger partial charge in [-0.2, -0.15) is 0 Å². The number of fused-ring (bicyclic) bond motifs is 5. The van der Waals surface area contributed by atoms with Crippen LogP contribution in [-0.2, 0) is 9.53 Å². The van der Waals surface area contributed by atoms with E-state index in [1.807, 2.05) is 6.07 Å². The Morgan fingerprint density at radius 1 is 1.13 bits per heavy atom. The maximum Gasteiger partial charge on any atom is 0.335 e. The second kappa shape index (κ2) is 11.0. The van der Waals surface area contributed by atoms with E-state index in [1.165, 1.54) is 7.11 Å². The largest absolute Gasteiger partial charge is 0.492 e. The molecule has 212 valence electrons. The van der Waals surface area contributed by atoms with Crippen LogP contribution in [0.3, 0.4) is 0 Å². The number of hydrogen-bond acceptors (Lipinski definition) is 12. The fourth-order valence-electron chi connectivity index (χ4n) is 4.92. The first-order valence-corrected chi connectivity index (χ1v) is 12.4. The van der Waals surface area contributed by atoms with E-state index in [9.17, 15) is 30.3 Å². The smallest absolute Gasteiger partial charge is 0.335 e. The van der Waals surface area contributed by atoms with Gasteiger partial charge in [-0.05, 0) is 25.1 Å². The van der Waals surface area contributed by atoms with E-state index >= 15 is 0 Å². The minimum atomic E-state index is -1.81. The number of methoxy groups -OCH3 is 1. The number of nitrogens with one attached hydrogen (secondary N) is 1. The number of rotatable bonds is 9. The lowest BCUT2D eigenvalue weighted by Gasteiger charge is -2.38. The van der Waals surface area contributed by atoms with E-state index in [2.05, 4.69) is 5.32 Å². The molecule has 3 aliphatic heterocycles. The van der Waals surface area contributed by atoms with Crippen LogP contribution in [0.4, 0.5) is 0 Å². The summed E-state index contributed by atoms with van der Waals surface area (Å²) in [5, 5.41) is 51.8. The molecule has 2 aromatic carbocycles. The number of carboxylic acid groups (broad SMARTS) is 1. The summed E-state index contributed by atoms with van der Waals surface area (Å²) >= 11 is 0. The first kappa shape index (κ1) is 27.2. The van der Waals surface area contributed by atoms with Crippen molar-refractivity contribution in [2.45, 2.75) is 55.8 Å². The number of aliphatic carboxylic acids is 1. The van der Waals surface area contributed by atoms with Crippen LogP contribution in [0.1, 0.15) is 30.1 Å². The summed E-state index contributed by atoms with van der Waals surface area (Å²) < 4.78 is 34.6. The van der Waals surface area contributed by atoms with Gasteiger partial charge in [0.1, 0.15) is 42.6 Å². The Kier molecular flexibility index (Phi) is 7.71. The van der Waals surface area contributed by atoms with Crippen molar-refractivity contribution in [2.24, 2.45) is 0 Å². The van der Waals surface area contributed by atoms with Crippen molar-refractivity contribution < 1.29 is 58.7 Å². The van der Waals surface area contributed by atoms with Gasteiger partial charge in [-0.1, -0.05) is 6.07 Å². The van der Waals surface area contributed by atoms with Crippen molar-refractivity contribution in [1.29, 1.82) is 0 Å². The number of benzene rings is 2. The Morgan fingerprint density at radius 2 is 1.90 bits per heavy atom. The maximum absolute atomic E-state index is 11.4. The summed E-state index contributed by atoms with van der Waals surface area (Å²) in [6, 6.07) is 8.57. The van der Waals surface area contributed by atoms with Crippen LogP contribution in [0.2, 0.25) is 0 Å². The molecule has 39 heavy (non-hydrogen) atoms. The van der Waals surface area contributed by atoms with Gasteiger partial charge in [0, 0.05) is 23.7 Å². The summed E-state index contributed by atoms with van der Waals surface area (Å²) in [5.74, 6) is 0.503. The molecular weight excluding hydrogens is 518 g/mol. The van der Waals surface area contributed by atoms with Gasteiger partial charge in [-0.15, -0.1) is 0 Å². The molecule has 8 atom stereocenters.